The SMILES string of the molecule is O=C(O)C(CC1CC1)C1C[C@H](CN2CCC(CCS(F)(F)c3ccc(F)cc3)CC2)[C@@H](c2ccccc2)C1. The van der Waals surface area contributed by atoms with Crippen molar-refractivity contribution in [2.75, 3.05) is 25.4 Å². The number of nitrogens with zero attached hydrogens (tertiary/aromatic N) is 1. The van der Waals surface area contributed by atoms with Gasteiger partial charge in [0.05, 0.1) is 16.7 Å². The van der Waals surface area contributed by atoms with Gasteiger partial charge in [-0.2, -0.15) is 7.77 Å². The summed E-state index contributed by atoms with van der Waals surface area (Å²) in [6.07, 6.45) is 7.42. The molecule has 5 rings (SSSR count). The first-order chi connectivity index (χ1) is 18.3. The number of piperidine rings is 1. The summed E-state index contributed by atoms with van der Waals surface area (Å²) in [4.78, 5) is 14.6. The van der Waals surface area contributed by atoms with Gasteiger partial charge in [-0.15, -0.1) is 0 Å². The molecule has 0 spiro atoms. The Kier molecular flexibility index (Phi) is 8.73. The first-order valence-electron chi connectivity index (χ1n) is 14.2. The van der Waals surface area contributed by atoms with E-state index in [0.29, 0.717) is 30.1 Å². The molecule has 2 saturated carbocycles. The van der Waals surface area contributed by atoms with Crippen LogP contribution in [0.2, 0.25) is 0 Å². The third-order valence-electron chi connectivity index (χ3n) is 9.27. The van der Waals surface area contributed by atoms with Crippen molar-refractivity contribution in [3.63, 3.8) is 0 Å². The van der Waals surface area contributed by atoms with Crippen LogP contribution in [0, 0.1) is 35.4 Å². The molecule has 0 bridgehead atoms. The standard InChI is InChI=1S/C31H40F3NO2S/c32-27-8-10-28(11-9-27)38(33,34)17-14-22-12-15-35(16-13-22)21-26-19-25(30(31(36)37)18-23-6-7-23)20-29(26)24-4-2-1-3-5-24/h1-5,8-11,22-23,25-26,29-30H,6-7,12-21H2,(H,36,37)/t25?,26-,29-,30?/m1/s1. The zero-order valence-corrected chi connectivity index (χ0v) is 22.8. The molecule has 1 N–H and O–H groups in total. The van der Waals surface area contributed by atoms with Gasteiger partial charge < -0.3 is 10.0 Å². The van der Waals surface area contributed by atoms with Gasteiger partial charge in [-0.05, 0) is 111 Å². The van der Waals surface area contributed by atoms with Crippen LogP contribution < -0.4 is 0 Å². The van der Waals surface area contributed by atoms with Crippen molar-refractivity contribution >= 4 is 16.8 Å². The van der Waals surface area contributed by atoms with Crippen molar-refractivity contribution in [2.45, 2.75) is 62.2 Å². The minimum absolute atomic E-state index is 0.0274. The number of benzene rings is 2. The van der Waals surface area contributed by atoms with E-state index in [1.165, 1.54) is 30.5 Å². The molecule has 208 valence electrons. The number of likely N-dealkylation sites (tertiary alicyclic amines) is 1. The first-order valence-corrected chi connectivity index (χ1v) is 15.8. The zero-order valence-electron chi connectivity index (χ0n) is 22.0. The van der Waals surface area contributed by atoms with Crippen molar-refractivity contribution in [3.8, 4) is 0 Å². The van der Waals surface area contributed by atoms with Crippen LogP contribution in [0.1, 0.15) is 62.8 Å². The van der Waals surface area contributed by atoms with Crippen LogP contribution >= 0.6 is 10.8 Å². The van der Waals surface area contributed by atoms with Gasteiger partial charge in [0.25, 0.3) is 0 Å². The van der Waals surface area contributed by atoms with E-state index in [1.807, 2.05) is 6.07 Å². The molecule has 0 aromatic heterocycles. The van der Waals surface area contributed by atoms with Gasteiger partial charge in [0.1, 0.15) is 5.82 Å². The van der Waals surface area contributed by atoms with E-state index in [0.717, 1.165) is 63.9 Å². The average molecular weight is 548 g/mol. The van der Waals surface area contributed by atoms with Crippen molar-refractivity contribution in [1.29, 1.82) is 0 Å². The summed E-state index contributed by atoms with van der Waals surface area (Å²) in [6.45, 7) is 2.78. The third-order valence-corrected chi connectivity index (χ3v) is 11.0. The largest absolute Gasteiger partial charge is 0.481 e. The summed E-state index contributed by atoms with van der Waals surface area (Å²) in [6, 6.07) is 15.3. The molecule has 2 aromatic rings. The lowest BCUT2D eigenvalue weighted by Gasteiger charge is -2.35. The van der Waals surface area contributed by atoms with Crippen molar-refractivity contribution < 1.29 is 22.1 Å². The zero-order chi connectivity index (χ0) is 26.7. The first kappa shape index (κ1) is 27.6. The van der Waals surface area contributed by atoms with Crippen LogP contribution in [-0.4, -0.2) is 41.4 Å². The lowest BCUT2D eigenvalue weighted by Crippen LogP contribution is -2.38. The van der Waals surface area contributed by atoms with Gasteiger partial charge >= 0.3 is 5.97 Å². The molecule has 1 saturated heterocycles. The number of rotatable bonds is 11. The number of hydrogen-bond acceptors (Lipinski definition) is 2. The Hall–Kier alpha value is -1.99. The highest BCUT2D eigenvalue weighted by molar-refractivity contribution is 8.25. The number of halogens is 3. The number of carboxylic acids is 1. The van der Waals surface area contributed by atoms with Gasteiger partial charge in [0, 0.05) is 17.2 Å². The van der Waals surface area contributed by atoms with E-state index in [1.54, 1.807) is 0 Å². The maximum Gasteiger partial charge on any atom is 0.306 e. The Balaban J connectivity index is 1.16. The lowest BCUT2D eigenvalue weighted by molar-refractivity contribution is -0.144. The average Bonchev–Trinajstić information content (AvgIpc) is 3.65. The third kappa shape index (κ3) is 6.95. The molecule has 0 amide bonds. The molecule has 2 aromatic carbocycles. The second-order valence-electron chi connectivity index (χ2n) is 11.9. The molecule has 7 heteroatoms. The van der Waals surface area contributed by atoms with E-state index in [9.17, 15) is 22.1 Å². The van der Waals surface area contributed by atoms with E-state index in [4.69, 9.17) is 0 Å². The van der Waals surface area contributed by atoms with Crippen LogP contribution in [0.4, 0.5) is 12.2 Å². The van der Waals surface area contributed by atoms with Gasteiger partial charge in [0.2, 0.25) is 0 Å². The molecular weight excluding hydrogens is 507 g/mol. The highest BCUT2D eigenvalue weighted by Crippen LogP contribution is 2.60. The fourth-order valence-electron chi connectivity index (χ4n) is 6.87. The van der Waals surface area contributed by atoms with Gasteiger partial charge in [-0.3, -0.25) is 4.79 Å². The minimum atomic E-state index is -3.90. The summed E-state index contributed by atoms with van der Waals surface area (Å²) < 4.78 is 42.6. The minimum Gasteiger partial charge on any atom is -0.481 e. The smallest absolute Gasteiger partial charge is 0.306 e. The Morgan fingerprint density at radius 2 is 1.63 bits per heavy atom. The summed E-state index contributed by atoms with van der Waals surface area (Å²) in [7, 11) is -3.90. The van der Waals surface area contributed by atoms with Gasteiger partial charge in [0.15, 0.2) is 0 Å². The van der Waals surface area contributed by atoms with E-state index in [2.05, 4.69) is 29.2 Å². The molecule has 2 aliphatic carbocycles. The molecular formula is C31H40F3NO2S. The summed E-state index contributed by atoms with van der Waals surface area (Å²) in [5.74, 6) is 0.428. The number of hydrogen-bond donors (Lipinski definition) is 1. The van der Waals surface area contributed by atoms with Crippen LogP contribution in [0.15, 0.2) is 59.5 Å². The van der Waals surface area contributed by atoms with Crippen molar-refractivity contribution in [1.82, 2.24) is 4.90 Å². The quantitative estimate of drug-likeness (QED) is 0.308. The molecule has 2 unspecified atom stereocenters. The Labute approximate surface area is 226 Å². The molecule has 1 aliphatic heterocycles. The normalized spacial score (nSPS) is 26.3. The van der Waals surface area contributed by atoms with Crippen molar-refractivity contribution in [3.05, 3.63) is 66.0 Å². The lowest BCUT2D eigenvalue weighted by atomic mass is 9.85. The van der Waals surface area contributed by atoms with Gasteiger partial charge in [-0.25, -0.2) is 4.39 Å². The maximum atomic E-state index is 14.7. The number of aliphatic carboxylic acids is 1. The molecule has 3 nitrogen and oxygen atoms in total. The highest BCUT2D eigenvalue weighted by Gasteiger charge is 2.43. The summed E-state index contributed by atoms with van der Waals surface area (Å²) in [5.41, 5.74) is 1.32. The van der Waals surface area contributed by atoms with Crippen LogP contribution in [0.25, 0.3) is 0 Å². The monoisotopic (exact) mass is 547 g/mol. The van der Waals surface area contributed by atoms with Crippen molar-refractivity contribution in [2.24, 2.45) is 29.6 Å². The Morgan fingerprint density at radius 1 is 0.947 bits per heavy atom. The highest BCUT2D eigenvalue weighted by atomic mass is 32.3. The fraction of sp³-hybridized carbons (Fsp3) is 0.581. The molecule has 3 fully saturated rings. The maximum absolute atomic E-state index is 14.7. The van der Waals surface area contributed by atoms with Crippen LogP contribution in [0.5, 0.6) is 0 Å². The molecule has 38 heavy (non-hydrogen) atoms. The summed E-state index contributed by atoms with van der Waals surface area (Å²) >= 11 is 0. The Morgan fingerprint density at radius 3 is 2.26 bits per heavy atom. The molecule has 4 atom stereocenters. The van der Waals surface area contributed by atoms with E-state index < -0.39 is 22.6 Å². The number of carbonyl (C=O) groups is 1. The fourth-order valence-corrected chi connectivity index (χ4v) is 8.27. The van der Waals surface area contributed by atoms with Crippen LogP contribution in [-0.2, 0) is 4.79 Å². The predicted molar refractivity (Wildman–Crippen MR) is 147 cm³/mol. The van der Waals surface area contributed by atoms with Crippen LogP contribution in [0.3, 0.4) is 0 Å². The summed E-state index contributed by atoms with van der Waals surface area (Å²) in [5, 5.41) is 10.0. The van der Waals surface area contributed by atoms with Gasteiger partial charge in [-0.1, -0.05) is 43.2 Å². The van der Waals surface area contributed by atoms with E-state index in [-0.39, 0.29) is 22.5 Å². The molecule has 0 radical (unpaired) electrons. The topological polar surface area (TPSA) is 40.5 Å². The predicted octanol–water partition coefficient (Wildman–Crippen LogP) is 8.17. The molecule has 3 aliphatic rings. The number of carboxylic acid groups (broad SMARTS) is 1. The Bertz CT molecular complexity index is 1050. The molecule has 1 heterocycles. The second kappa shape index (κ2) is 12.0. The second-order valence-corrected chi connectivity index (χ2v) is 13.9. The van der Waals surface area contributed by atoms with E-state index >= 15 is 0 Å².